The van der Waals surface area contributed by atoms with Gasteiger partial charge in [0.25, 0.3) is 0 Å². The Kier molecular flexibility index (Phi) is 5.18. The van der Waals surface area contributed by atoms with Crippen molar-refractivity contribution in [1.29, 1.82) is 0 Å². The van der Waals surface area contributed by atoms with Crippen molar-refractivity contribution in [3.63, 3.8) is 0 Å². The smallest absolute Gasteiger partial charge is 0.313 e. The summed E-state index contributed by atoms with van der Waals surface area (Å²) in [7, 11) is 3.10. The molecule has 0 saturated carbocycles. The minimum atomic E-state index is -1.02. The van der Waals surface area contributed by atoms with Crippen LogP contribution < -0.4 is 4.74 Å². The lowest BCUT2D eigenvalue weighted by Gasteiger charge is -2.39. The second-order valence-electron chi connectivity index (χ2n) is 6.84. The first kappa shape index (κ1) is 18.3. The molecule has 1 atom stereocenters. The van der Waals surface area contributed by atoms with Gasteiger partial charge < -0.3 is 24.5 Å². The first-order chi connectivity index (χ1) is 12.5. The molecule has 1 aliphatic heterocycles. The highest BCUT2D eigenvalue weighted by molar-refractivity contribution is 5.90. The maximum atomic E-state index is 12.8. The Labute approximate surface area is 151 Å². The summed E-state index contributed by atoms with van der Waals surface area (Å²) in [5.74, 6) is -0.252. The Hall–Kier alpha value is -2.54. The SMILES string of the molecule is COCC1(C(=O)O)CCCN(C(=O)Cc2c[nH]c3ccc(OC)cc23)C1. The Bertz CT molecular complexity index is 811. The van der Waals surface area contributed by atoms with Gasteiger partial charge in [-0.15, -0.1) is 0 Å². The number of ether oxygens (including phenoxy) is 2. The number of hydrogen-bond donors (Lipinski definition) is 2. The molecule has 1 fully saturated rings. The number of nitrogens with zero attached hydrogens (tertiary/aromatic N) is 1. The zero-order valence-corrected chi connectivity index (χ0v) is 15.1. The molecule has 7 nitrogen and oxygen atoms in total. The predicted molar refractivity (Wildman–Crippen MR) is 96.3 cm³/mol. The molecule has 2 heterocycles. The van der Waals surface area contributed by atoms with E-state index < -0.39 is 11.4 Å². The zero-order valence-electron chi connectivity index (χ0n) is 15.1. The maximum absolute atomic E-state index is 12.8. The lowest BCUT2D eigenvalue weighted by atomic mass is 9.80. The summed E-state index contributed by atoms with van der Waals surface area (Å²) in [6, 6.07) is 5.68. The van der Waals surface area contributed by atoms with E-state index in [1.807, 2.05) is 24.4 Å². The first-order valence-electron chi connectivity index (χ1n) is 8.63. The molecule has 26 heavy (non-hydrogen) atoms. The minimum Gasteiger partial charge on any atom is -0.497 e. The van der Waals surface area contributed by atoms with Crippen molar-refractivity contribution in [2.75, 3.05) is 33.9 Å². The molecule has 3 rings (SSSR count). The number of aromatic amines is 1. The number of methoxy groups -OCH3 is 2. The largest absolute Gasteiger partial charge is 0.497 e. The van der Waals surface area contributed by atoms with Crippen molar-refractivity contribution >= 4 is 22.8 Å². The van der Waals surface area contributed by atoms with Gasteiger partial charge >= 0.3 is 5.97 Å². The summed E-state index contributed by atoms with van der Waals surface area (Å²) in [4.78, 5) is 29.4. The minimum absolute atomic E-state index is 0.0739. The molecule has 0 spiro atoms. The van der Waals surface area contributed by atoms with Crippen LogP contribution in [-0.4, -0.2) is 60.8 Å². The number of carbonyl (C=O) groups excluding carboxylic acids is 1. The molecule has 1 amide bonds. The summed E-state index contributed by atoms with van der Waals surface area (Å²) in [5.41, 5.74) is 0.792. The number of benzene rings is 1. The number of likely N-dealkylation sites (tertiary alicyclic amines) is 1. The highest BCUT2D eigenvalue weighted by atomic mass is 16.5. The lowest BCUT2D eigenvalue weighted by molar-refractivity contribution is -0.159. The van der Waals surface area contributed by atoms with E-state index in [0.717, 1.165) is 22.2 Å². The third kappa shape index (κ3) is 3.39. The normalized spacial score (nSPS) is 20.3. The molecule has 1 aliphatic rings. The lowest BCUT2D eigenvalue weighted by Crippen LogP contribution is -2.52. The third-order valence-corrected chi connectivity index (χ3v) is 5.12. The molecule has 1 unspecified atom stereocenters. The molecule has 140 valence electrons. The van der Waals surface area contributed by atoms with Crippen LogP contribution in [0.4, 0.5) is 0 Å². The molecule has 1 aromatic heterocycles. The van der Waals surface area contributed by atoms with E-state index in [4.69, 9.17) is 9.47 Å². The van der Waals surface area contributed by atoms with Gasteiger partial charge in [0.2, 0.25) is 5.91 Å². The molecule has 1 saturated heterocycles. The molecular formula is C19H24N2O5. The molecule has 1 aromatic carbocycles. The molecule has 2 N–H and O–H groups in total. The van der Waals surface area contributed by atoms with Gasteiger partial charge in [0.1, 0.15) is 11.2 Å². The summed E-state index contributed by atoms with van der Waals surface area (Å²) in [6.45, 7) is 0.861. The summed E-state index contributed by atoms with van der Waals surface area (Å²) in [5, 5.41) is 10.6. The molecular weight excluding hydrogens is 336 g/mol. The molecule has 0 aliphatic carbocycles. The number of fused-ring (bicyclic) bond motifs is 1. The number of carboxylic acid groups (broad SMARTS) is 1. The summed E-state index contributed by atoms with van der Waals surface area (Å²) < 4.78 is 10.4. The topological polar surface area (TPSA) is 91.9 Å². The monoisotopic (exact) mass is 360 g/mol. The van der Waals surface area contributed by atoms with Gasteiger partial charge in [-0.3, -0.25) is 9.59 Å². The Balaban J connectivity index is 1.78. The number of hydrogen-bond acceptors (Lipinski definition) is 4. The highest BCUT2D eigenvalue weighted by Crippen LogP contribution is 2.32. The van der Waals surface area contributed by atoms with Gasteiger partial charge in [-0.05, 0) is 36.6 Å². The quantitative estimate of drug-likeness (QED) is 0.823. The van der Waals surface area contributed by atoms with Crippen molar-refractivity contribution in [2.24, 2.45) is 5.41 Å². The van der Waals surface area contributed by atoms with E-state index in [0.29, 0.717) is 19.4 Å². The van der Waals surface area contributed by atoms with E-state index >= 15 is 0 Å². The molecule has 0 radical (unpaired) electrons. The average Bonchev–Trinajstić information content (AvgIpc) is 3.04. The van der Waals surface area contributed by atoms with Crippen LogP contribution in [0.2, 0.25) is 0 Å². The fourth-order valence-electron chi connectivity index (χ4n) is 3.68. The van der Waals surface area contributed by atoms with Gasteiger partial charge in [0.15, 0.2) is 0 Å². The van der Waals surface area contributed by atoms with Crippen molar-refractivity contribution in [3.8, 4) is 5.75 Å². The van der Waals surface area contributed by atoms with Crippen molar-refractivity contribution in [2.45, 2.75) is 19.3 Å². The van der Waals surface area contributed by atoms with Crippen LogP contribution in [0.3, 0.4) is 0 Å². The molecule has 2 aromatic rings. The number of carboxylic acids is 1. The third-order valence-electron chi connectivity index (χ3n) is 5.12. The number of aliphatic carboxylic acids is 1. The number of rotatable bonds is 6. The summed E-state index contributed by atoms with van der Waals surface area (Å²) in [6.07, 6.45) is 3.22. The van der Waals surface area contributed by atoms with E-state index in [1.54, 1.807) is 12.0 Å². The Morgan fingerprint density at radius 1 is 1.35 bits per heavy atom. The van der Waals surface area contributed by atoms with Gasteiger partial charge in [-0.1, -0.05) is 0 Å². The van der Waals surface area contributed by atoms with Gasteiger partial charge in [-0.2, -0.15) is 0 Å². The van der Waals surface area contributed by atoms with E-state index in [1.165, 1.54) is 7.11 Å². The number of amides is 1. The second-order valence-corrected chi connectivity index (χ2v) is 6.84. The van der Waals surface area contributed by atoms with E-state index in [9.17, 15) is 14.7 Å². The van der Waals surface area contributed by atoms with Crippen LogP contribution in [0.15, 0.2) is 24.4 Å². The van der Waals surface area contributed by atoms with Crippen molar-refractivity contribution in [1.82, 2.24) is 9.88 Å². The first-order valence-corrected chi connectivity index (χ1v) is 8.63. The average molecular weight is 360 g/mol. The zero-order chi connectivity index (χ0) is 18.7. The predicted octanol–water partition coefficient (Wildman–Crippen LogP) is 2.06. The molecule has 0 bridgehead atoms. The Morgan fingerprint density at radius 3 is 2.85 bits per heavy atom. The maximum Gasteiger partial charge on any atom is 0.313 e. The number of H-pyrrole nitrogens is 1. The Morgan fingerprint density at radius 2 is 2.15 bits per heavy atom. The molecule has 7 heteroatoms. The number of piperidine rings is 1. The van der Waals surface area contributed by atoms with Crippen molar-refractivity contribution < 1.29 is 24.2 Å². The van der Waals surface area contributed by atoms with Crippen LogP contribution in [0.5, 0.6) is 5.75 Å². The number of aromatic nitrogens is 1. The standard InChI is InChI=1S/C19H24N2O5/c1-25-12-19(18(23)24)6-3-7-21(11-19)17(22)8-13-10-20-16-5-4-14(26-2)9-15(13)16/h4-5,9-10,20H,3,6-8,11-12H2,1-2H3,(H,23,24). The van der Waals surface area contributed by atoms with Crippen LogP contribution in [0, 0.1) is 5.41 Å². The number of carbonyl (C=O) groups is 2. The fourth-order valence-corrected chi connectivity index (χ4v) is 3.68. The van der Waals surface area contributed by atoms with Gasteiger partial charge in [0.05, 0.1) is 20.1 Å². The van der Waals surface area contributed by atoms with Gasteiger partial charge in [-0.25, -0.2) is 0 Å². The van der Waals surface area contributed by atoms with E-state index in [2.05, 4.69) is 4.98 Å². The van der Waals surface area contributed by atoms with Crippen LogP contribution in [0.1, 0.15) is 18.4 Å². The van der Waals surface area contributed by atoms with E-state index in [-0.39, 0.29) is 25.5 Å². The van der Waals surface area contributed by atoms with Crippen LogP contribution in [0.25, 0.3) is 10.9 Å². The second kappa shape index (κ2) is 7.37. The summed E-state index contributed by atoms with van der Waals surface area (Å²) >= 11 is 0. The van der Waals surface area contributed by atoms with Crippen LogP contribution >= 0.6 is 0 Å². The highest BCUT2D eigenvalue weighted by Gasteiger charge is 2.43. The van der Waals surface area contributed by atoms with Gasteiger partial charge in [0, 0.05) is 37.3 Å². The van der Waals surface area contributed by atoms with Crippen LogP contribution in [-0.2, 0) is 20.7 Å². The fraction of sp³-hybridized carbons (Fsp3) is 0.474. The van der Waals surface area contributed by atoms with Crippen molar-refractivity contribution in [3.05, 3.63) is 30.0 Å². The number of nitrogens with one attached hydrogen (secondary N) is 1.